The molecule has 0 unspecified atom stereocenters. The normalized spacial score (nSPS) is 11.2. The molecule has 1 heterocycles. The fourth-order valence-electron chi connectivity index (χ4n) is 1.12. The van der Waals surface area contributed by atoms with Crippen molar-refractivity contribution in [2.75, 3.05) is 6.61 Å². The zero-order valence-electron chi connectivity index (χ0n) is 8.54. The monoisotopic (exact) mass is 233 g/mol. The van der Waals surface area contributed by atoms with Crippen LogP contribution in [0.4, 0.5) is 13.2 Å². The first-order valence-corrected chi connectivity index (χ1v) is 4.60. The van der Waals surface area contributed by atoms with Gasteiger partial charge in [-0.05, 0) is 18.6 Å². The van der Waals surface area contributed by atoms with Crippen molar-refractivity contribution in [3.63, 3.8) is 0 Å². The number of aromatic nitrogens is 1. The van der Waals surface area contributed by atoms with Crippen LogP contribution in [-0.2, 0) is 22.1 Å². The summed E-state index contributed by atoms with van der Waals surface area (Å²) in [6.07, 6.45) is -2.72. The van der Waals surface area contributed by atoms with Crippen LogP contribution in [0.1, 0.15) is 18.1 Å². The van der Waals surface area contributed by atoms with E-state index in [1.165, 1.54) is 6.20 Å². The second-order valence-electron chi connectivity index (χ2n) is 3.06. The summed E-state index contributed by atoms with van der Waals surface area (Å²) in [7, 11) is 0. The second kappa shape index (κ2) is 4.96. The van der Waals surface area contributed by atoms with Gasteiger partial charge in [0.2, 0.25) is 0 Å². The molecule has 6 heteroatoms. The quantitative estimate of drug-likeness (QED) is 0.751. The topological polar surface area (TPSA) is 39.2 Å². The number of pyridine rings is 1. The Kier molecular flexibility index (Phi) is 3.87. The van der Waals surface area contributed by atoms with E-state index in [0.717, 1.165) is 6.07 Å². The molecule has 0 fully saturated rings. The average molecular weight is 233 g/mol. The van der Waals surface area contributed by atoms with Crippen LogP contribution in [-0.4, -0.2) is 17.6 Å². The molecule has 0 saturated carbocycles. The van der Waals surface area contributed by atoms with Gasteiger partial charge in [0.25, 0.3) is 0 Å². The number of nitrogens with zero attached hydrogens (tertiary/aromatic N) is 1. The van der Waals surface area contributed by atoms with Gasteiger partial charge in [-0.2, -0.15) is 13.2 Å². The highest BCUT2D eigenvalue weighted by Gasteiger charge is 2.31. The van der Waals surface area contributed by atoms with Crippen molar-refractivity contribution in [1.82, 2.24) is 4.98 Å². The van der Waals surface area contributed by atoms with Gasteiger partial charge in [-0.3, -0.25) is 9.78 Å². The van der Waals surface area contributed by atoms with E-state index in [1.54, 1.807) is 6.92 Å². The molecule has 88 valence electrons. The Morgan fingerprint density at radius 3 is 2.69 bits per heavy atom. The Hall–Kier alpha value is -1.59. The Balaban J connectivity index is 2.79. The molecule has 1 rings (SSSR count). The van der Waals surface area contributed by atoms with Crippen LogP contribution in [0.2, 0.25) is 0 Å². The van der Waals surface area contributed by atoms with Crippen LogP contribution in [0.15, 0.2) is 18.5 Å². The Morgan fingerprint density at radius 2 is 2.12 bits per heavy atom. The van der Waals surface area contributed by atoms with E-state index >= 15 is 0 Å². The van der Waals surface area contributed by atoms with E-state index < -0.39 is 17.7 Å². The van der Waals surface area contributed by atoms with Gasteiger partial charge in [0.1, 0.15) is 0 Å². The molecule has 0 aliphatic rings. The van der Waals surface area contributed by atoms with Gasteiger partial charge in [-0.15, -0.1) is 0 Å². The summed E-state index contributed by atoms with van der Waals surface area (Å²) in [6, 6.07) is 0.893. The van der Waals surface area contributed by atoms with Gasteiger partial charge < -0.3 is 4.74 Å². The number of carbonyl (C=O) groups excluding carboxylic acids is 1. The van der Waals surface area contributed by atoms with Gasteiger partial charge in [-0.25, -0.2) is 0 Å². The lowest BCUT2D eigenvalue weighted by Gasteiger charge is -2.07. The maximum Gasteiger partial charge on any atom is 0.417 e. The number of alkyl halides is 3. The minimum absolute atomic E-state index is 0.188. The summed E-state index contributed by atoms with van der Waals surface area (Å²) in [5.74, 6) is -0.566. The molecule has 0 spiro atoms. The molecule has 0 amide bonds. The number of carbonyl (C=O) groups is 1. The zero-order chi connectivity index (χ0) is 12.2. The van der Waals surface area contributed by atoms with Crippen molar-refractivity contribution in [3.8, 4) is 0 Å². The van der Waals surface area contributed by atoms with E-state index in [4.69, 9.17) is 0 Å². The Labute approximate surface area is 90.2 Å². The molecule has 0 aromatic carbocycles. The summed E-state index contributed by atoms with van der Waals surface area (Å²) in [6.45, 7) is 1.83. The van der Waals surface area contributed by atoms with E-state index in [1.807, 2.05) is 0 Å². The lowest BCUT2D eigenvalue weighted by molar-refractivity contribution is -0.142. The summed E-state index contributed by atoms with van der Waals surface area (Å²) < 4.78 is 41.5. The van der Waals surface area contributed by atoms with Gasteiger partial charge >= 0.3 is 12.1 Å². The first-order chi connectivity index (χ1) is 7.43. The van der Waals surface area contributed by atoms with Gasteiger partial charge in [0.15, 0.2) is 0 Å². The van der Waals surface area contributed by atoms with Crippen LogP contribution in [0, 0.1) is 0 Å². The van der Waals surface area contributed by atoms with Crippen LogP contribution in [0.25, 0.3) is 0 Å². The third kappa shape index (κ3) is 3.52. The molecule has 0 atom stereocenters. The minimum Gasteiger partial charge on any atom is -0.466 e. The van der Waals surface area contributed by atoms with Crippen molar-refractivity contribution in [2.24, 2.45) is 0 Å². The van der Waals surface area contributed by atoms with Crippen LogP contribution >= 0.6 is 0 Å². The molecule has 0 aliphatic carbocycles. The standard InChI is InChI=1S/C10H10F3NO2/c1-2-16-9(15)4-7-3-8(6-14-5-7)10(11,12)13/h3,5-6H,2,4H2,1H3. The fourth-order valence-corrected chi connectivity index (χ4v) is 1.12. The van der Waals surface area contributed by atoms with E-state index in [0.29, 0.717) is 6.20 Å². The van der Waals surface area contributed by atoms with Crippen LogP contribution < -0.4 is 0 Å². The van der Waals surface area contributed by atoms with E-state index in [-0.39, 0.29) is 18.6 Å². The van der Waals surface area contributed by atoms with Gasteiger partial charge in [0, 0.05) is 12.4 Å². The Morgan fingerprint density at radius 1 is 1.44 bits per heavy atom. The van der Waals surface area contributed by atoms with Crippen LogP contribution in [0.3, 0.4) is 0 Å². The molecule has 0 saturated heterocycles. The van der Waals surface area contributed by atoms with Gasteiger partial charge in [0.05, 0.1) is 18.6 Å². The maximum absolute atomic E-state index is 12.3. The van der Waals surface area contributed by atoms with Gasteiger partial charge in [-0.1, -0.05) is 0 Å². The van der Waals surface area contributed by atoms with Crippen molar-refractivity contribution >= 4 is 5.97 Å². The molecule has 3 nitrogen and oxygen atoms in total. The SMILES string of the molecule is CCOC(=O)Cc1cncc(C(F)(F)F)c1. The molecule has 0 N–H and O–H groups in total. The lowest BCUT2D eigenvalue weighted by atomic mass is 10.1. The average Bonchev–Trinajstić information content (AvgIpc) is 2.17. The fraction of sp³-hybridized carbons (Fsp3) is 0.400. The predicted octanol–water partition coefficient (Wildman–Crippen LogP) is 2.21. The van der Waals surface area contributed by atoms with Crippen molar-refractivity contribution in [3.05, 3.63) is 29.6 Å². The third-order valence-corrected chi connectivity index (χ3v) is 1.78. The number of hydrogen-bond donors (Lipinski definition) is 0. The molecule has 16 heavy (non-hydrogen) atoms. The summed E-state index contributed by atoms with van der Waals surface area (Å²) in [4.78, 5) is 14.5. The zero-order valence-corrected chi connectivity index (χ0v) is 8.54. The number of esters is 1. The van der Waals surface area contributed by atoms with E-state index in [9.17, 15) is 18.0 Å². The first kappa shape index (κ1) is 12.5. The molecule has 0 bridgehead atoms. The summed E-state index contributed by atoms with van der Waals surface area (Å²) in [5, 5.41) is 0. The van der Waals surface area contributed by atoms with Crippen molar-refractivity contribution in [2.45, 2.75) is 19.5 Å². The first-order valence-electron chi connectivity index (χ1n) is 4.60. The smallest absolute Gasteiger partial charge is 0.417 e. The molecule has 1 aromatic rings. The maximum atomic E-state index is 12.3. The van der Waals surface area contributed by atoms with E-state index in [2.05, 4.69) is 9.72 Å². The highest BCUT2D eigenvalue weighted by Crippen LogP contribution is 2.28. The molecular weight excluding hydrogens is 223 g/mol. The van der Waals surface area contributed by atoms with Crippen molar-refractivity contribution < 1.29 is 22.7 Å². The largest absolute Gasteiger partial charge is 0.466 e. The highest BCUT2D eigenvalue weighted by molar-refractivity contribution is 5.72. The molecule has 1 aromatic heterocycles. The third-order valence-electron chi connectivity index (χ3n) is 1.78. The van der Waals surface area contributed by atoms with Crippen LogP contribution in [0.5, 0.6) is 0 Å². The molecule has 0 aliphatic heterocycles. The molecule has 0 radical (unpaired) electrons. The number of hydrogen-bond acceptors (Lipinski definition) is 3. The lowest BCUT2D eigenvalue weighted by Crippen LogP contribution is -2.10. The predicted molar refractivity (Wildman–Crippen MR) is 49.6 cm³/mol. The molecular formula is C10H10F3NO2. The second-order valence-corrected chi connectivity index (χ2v) is 3.06. The van der Waals surface area contributed by atoms with Crippen molar-refractivity contribution in [1.29, 1.82) is 0 Å². The highest BCUT2D eigenvalue weighted by atomic mass is 19.4. The number of halogens is 3. The summed E-state index contributed by atoms with van der Waals surface area (Å²) >= 11 is 0. The number of ether oxygens (including phenoxy) is 1. The summed E-state index contributed by atoms with van der Waals surface area (Å²) in [5.41, 5.74) is -0.678. The minimum atomic E-state index is -4.45. The number of rotatable bonds is 3. The Bertz CT molecular complexity index is 377.